The van der Waals surface area contributed by atoms with Gasteiger partial charge < -0.3 is 20.6 Å². The molecule has 5 rings (SSSR count). The molecule has 0 spiro atoms. The van der Waals surface area contributed by atoms with Gasteiger partial charge in [-0.1, -0.05) is 6.07 Å². The SMILES string of the molecule is Cc1cnc(Nc2ccnn2C)nc1-c1cc2c(s1)CN([C@H](C)C(=O)NC(CO)c1ccc(F)c(F)c1)C2=O. The van der Waals surface area contributed by atoms with Gasteiger partial charge in [0.15, 0.2) is 11.6 Å². The van der Waals surface area contributed by atoms with Gasteiger partial charge >= 0.3 is 0 Å². The Balaban J connectivity index is 1.30. The molecule has 0 aliphatic carbocycles. The Morgan fingerprint density at radius 1 is 1.23 bits per heavy atom. The van der Waals surface area contributed by atoms with Crippen molar-refractivity contribution in [3.63, 3.8) is 0 Å². The summed E-state index contributed by atoms with van der Waals surface area (Å²) in [5.41, 5.74) is 2.24. The number of halogens is 2. The van der Waals surface area contributed by atoms with E-state index >= 15 is 0 Å². The number of nitrogens with one attached hydrogen (secondary N) is 2. The summed E-state index contributed by atoms with van der Waals surface area (Å²) in [6, 6.07) is 4.89. The van der Waals surface area contributed by atoms with Gasteiger partial charge in [0.1, 0.15) is 11.9 Å². The number of rotatable bonds is 8. The molecule has 3 aromatic heterocycles. The first kappa shape index (κ1) is 26.4. The molecule has 39 heavy (non-hydrogen) atoms. The zero-order chi connectivity index (χ0) is 27.8. The number of carbonyl (C=O) groups excluding carboxylic acids is 2. The van der Waals surface area contributed by atoms with Gasteiger partial charge in [0.2, 0.25) is 11.9 Å². The van der Waals surface area contributed by atoms with Crippen LogP contribution < -0.4 is 10.6 Å². The van der Waals surface area contributed by atoms with E-state index in [1.54, 1.807) is 43.2 Å². The van der Waals surface area contributed by atoms with Gasteiger partial charge in [-0.2, -0.15) is 5.10 Å². The maximum Gasteiger partial charge on any atom is 0.256 e. The molecule has 0 saturated carbocycles. The van der Waals surface area contributed by atoms with Crippen LogP contribution in [0.1, 0.15) is 39.3 Å². The first-order chi connectivity index (χ1) is 18.7. The van der Waals surface area contributed by atoms with E-state index in [0.29, 0.717) is 17.2 Å². The third-order valence-corrected chi connectivity index (χ3v) is 7.70. The number of hydrogen-bond donors (Lipinski definition) is 3. The van der Waals surface area contributed by atoms with Crippen molar-refractivity contribution in [1.82, 2.24) is 30.0 Å². The Morgan fingerprint density at radius 2 is 2.03 bits per heavy atom. The van der Waals surface area contributed by atoms with Crippen LogP contribution in [0.5, 0.6) is 0 Å². The predicted molar refractivity (Wildman–Crippen MR) is 140 cm³/mol. The third-order valence-electron chi connectivity index (χ3n) is 6.57. The summed E-state index contributed by atoms with van der Waals surface area (Å²) in [6.07, 6.45) is 3.36. The second-order valence-corrected chi connectivity index (χ2v) is 10.3. The van der Waals surface area contributed by atoms with Crippen LogP contribution in [0.25, 0.3) is 10.6 Å². The molecule has 2 amide bonds. The lowest BCUT2D eigenvalue weighted by Gasteiger charge is -2.26. The second-order valence-electron chi connectivity index (χ2n) is 9.16. The minimum Gasteiger partial charge on any atom is -0.394 e. The Labute approximate surface area is 226 Å². The van der Waals surface area contributed by atoms with E-state index in [2.05, 4.69) is 25.7 Å². The van der Waals surface area contributed by atoms with Crippen LogP contribution in [0, 0.1) is 18.6 Å². The topological polar surface area (TPSA) is 125 Å². The highest BCUT2D eigenvalue weighted by Crippen LogP contribution is 2.38. The smallest absolute Gasteiger partial charge is 0.256 e. The van der Waals surface area contributed by atoms with E-state index in [4.69, 9.17) is 0 Å². The number of hydrogen-bond acceptors (Lipinski definition) is 8. The van der Waals surface area contributed by atoms with Gasteiger partial charge in [-0.25, -0.2) is 18.7 Å². The minimum atomic E-state index is -1.08. The molecule has 10 nitrogen and oxygen atoms in total. The van der Waals surface area contributed by atoms with Crippen molar-refractivity contribution < 1.29 is 23.5 Å². The highest BCUT2D eigenvalue weighted by atomic mass is 32.1. The molecule has 3 N–H and O–H groups in total. The normalized spacial score (nSPS) is 14.3. The Bertz CT molecular complexity index is 1570. The molecule has 0 saturated heterocycles. The molecule has 13 heteroatoms. The fourth-order valence-corrected chi connectivity index (χ4v) is 5.50. The molecule has 1 unspecified atom stereocenters. The van der Waals surface area contributed by atoms with E-state index in [1.807, 2.05) is 6.92 Å². The van der Waals surface area contributed by atoms with Crippen molar-refractivity contribution in [3.8, 4) is 10.6 Å². The monoisotopic (exact) mass is 553 g/mol. The molecule has 4 aromatic rings. The van der Waals surface area contributed by atoms with Crippen LogP contribution in [-0.4, -0.2) is 54.2 Å². The van der Waals surface area contributed by atoms with Crippen molar-refractivity contribution in [2.75, 3.05) is 11.9 Å². The molecule has 0 bridgehead atoms. The summed E-state index contributed by atoms with van der Waals surface area (Å²) in [7, 11) is 1.80. The second kappa shape index (κ2) is 10.5. The zero-order valence-corrected chi connectivity index (χ0v) is 22.1. The molecule has 2 atom stereocenters. The van der Waals surface area contributed by atoms with E-state index in [1.165, 1.54) is 22.3 Å². The van der Waals surface area contributed by atoms with Crippen molar-refractivity contribution in [3.05, 3.63) is 75.9 Å². The van der Waals surface area contributed by atoms with Gasteiger partial charge in [-0.15, -0.1) is 11.3 Å². The number of anilines is 2. The quantitative estimate of drug-likeness (QED) is 0.305. The van der Waals surface area contributed by atoms with E-state index in [-0.39, 0.29) is 18.0 Å². The first-order valence-corrected chi connectivity index (χ1v) is 12.9. The Hall–Kier alpha value is -4.23. The standard InChI is InChI=1S/C26H25F2N7O3S/c1-13-10-29-26(32-22-6-7-30-34(22)3)33-23(13)20-9-16-21(39-20)11-35(25(16)38)14(2)24(37)31-19(12-36)15-4-5-17(27)18(28)8-15/h4-10,14,19,36H,11-12H2,1-3H3,(H,31,37)(H,29,32,33)/t14-,19?/m1/s1. The Kier molecular flexibility index (Phi) is 7.10. The summed E-state index contributed by atoms with van der Waals surface area (Å²) in [5.74, 6) is -1.82. The molecule has 1 aliphatic heterocycles. The lowest BCUT2D eigenvalue weighted by Crippen LogP contribution is -2.46. The van der Waals surface area contributed by atoms with Crippen LogP contribution >= 0.6 is 11.3 Å². The van der Waals surface area contributed by atoms with Crippen molar-refractivity contribution >= 4 is 34.9 Å². The fraction of sp³-hybridized carbons (Fsp3) is 0.269. The number of aliphatic hydroxyl groups is 1. The van der Waals surface area contributed by atoms with Gasteiger partial charge in [0, 0.05) is 24.2 Å². The van der Waals surface area contributed by atoms with E-state index < -0.39 is 36.2 Å². The zero-order valence-electron chi connectivity index (χ0n) is 21.3. The highest BCUT2D eigenvalue weighted by Gasteiger charge is 2.36. The summed E-state index contributed by atoms with van der Waals surface area (Å²) in [6.45, 7) is 3.17. The number of aryl methyl sites for hydroxylation is 2. The average molecular weight is 554 g/mol. The number of fused-ring (bicyclic) bond motifs is 1. The van der Waals surface area contributed by atoms with Crippen LogP contribution in [0.4, 0.5) is 20.5 Å². The van der Waals surface area contributed by atoms with Crippen LogP contribution in [0.2, 0.25) is 0 Å². The predicted octanol–water partition coefficient (Wildman–Crippen LogP) is 3.46. The van der Waals surface area contributed by atoms with Crippen LogP contribution in [0.3, 0.4) is 0 Å². The fourth-order valence-electron chi connectivity index (χ4n) is 4.30. The summed E-state index contributed by atoms with van der Waals surface area (Å²) in [5, 5.41) is 19.6. The lowest BCUT2D eigenvalue weighted by atomic mass is 10.1. The lowest BCUT2D eigenvalue weighted by molar-refractivity contribution is -0.126. The number of aliphatic hydroxyl groups excluding tert-OH is 1. The molecule has 1 aliphatic rings. The summed E-state index contributed by atoms with van der Waals surface area (Å²) < 4.78 is 28.6. The number of benzene rings is 1. The first-order valence-electron chi connectivity index (χ1n) is 12.0. The number of thiophene rings is 1. The van der Waals surface area contributed by atoms with Gasteiger partial charge in [0.25, 0.3) is 5.91 Å². The number of amides is 2. The van der Waals surface area contributed by atoms with Gasteiger partial charge in [-0.05, 0) is 43.2 Å². The Morgan fingerprint density at radius 3 is 2.69 bits per heavy atom. The van der Waals surface area contributed by atoms with Crippen molar-refractivity contribution in [1.29, 1.82) is 0 Å². The van der Waals surface area contributed by atoms with E-state index in [0.717, 1.165) is 33.3 Å². The molecule has 0 fully saturated rings. The number of nitrogens with zero attached hydrogens (tertiary/aromatic N) is 5. The van der Waals surface area contributed by atoms with Crippen LogP contribution in [-0.2, 0) is 18.4 Å². The van der Waals surface area contributed by atoms with Gasteiger partial charge in [0.05, 0.1) is 41.5 Å². The number of carbonyl (C=O) groups is 2. The number of aromatic nitrogens is 4. The van der Waals surface area contributed by atoms with Crippen LogP contribution in [0.15, 0.2) is 42.7 Å². The summed E-state index contributed by atoms with van der Waals surface area (Å²) in [4.78, 5) is 38.2. The molecule has 4 heterocycles. The van der Waals surface area contributed by atoms with E-state index in [9.17, 15) is 23.5 Å². The maximum atomic E-state index is 13.7. The van der Waals surface area contributed by atoms with Crippen molar-refractivity contribution in [2.24, 2.45) is 7.05 Å². The van der Waals surface area contributed by atoms with Gasteiger partial charge in [-0.3, -0.25) is 14.3 Å². The highest BCUT2D eigenvalue weighted by molar-refractivity contribution is 7.16. The summed E-state index contributed by atoms with van der Waals surface area (Å²) >= 11 is 1.42. The maximum absolute atomic E-state index is 13.7. The molecule has 0 radical (unpaired) electrons. The molecular weight excluding hydrogens is 528 g/mol. The third kappa shape index (κ3) is 5.10. The average Bonchev–Trinajstić information content (AvgIpc) is 3.60. The molecular formula is C26H25F2N7O3S. The minimum absolute atomic E-state index is 0.214. The largest absolute Gasteiger partial charge is 0.394 e. The van der Waals surface area contributed by atoms with Crippen molar-refractivity contribution in [2.45, 2.75) is 32.5 Å². The molecule has 1 aromatic carbocycles. The molecule has 202 valence electrons.